The molecule has 0 spiro atoms. The van der Waals surface area contributed by atoms with E-state index in [1.165, 1.54) is 0 Å². The molecular weight excluding hydrogens is 358 g/mol. The first-order valence-electron chi connectivity index (χ1n) is 7.34. The summed E-state index contributed by atoms with van der Waals surface area (Å²) in [5.74, 6) is 1.42. The summed E-state index contributed by atoms with van der Waals surface area (Å²) in [5, 5.41) is 10.3. The van der Waals surface area contributed by atoms with Crippen LogP contribution in [-0.4, -0.2) is 31.6 Å². The van der Waals surface area contributed by atoms with Gasteiger partial charge in [0.2, 0.25) is 0 Å². The molecule has 3 rings (SSSR count). The highest BCUT2D eigenvalue weighted by Gasteiger charge is 2.30. The van der Waals surface area contributed by atoms with Gasteiger partial charge in [0.1, 0.15) is 17.5 Å². The topological polar surface area (TPSA) is 51.0 Å². The molecule has 1 aliphatic carbocycles. The SMILES string of the molecule is COc1ccc(C=NC2c3ccc(Br)cc3CC2O)c(OC)c1. The molecule has 1 N–H and O–H groups in total. The molecule has 2 unspecified atom stereocenters. The van der Waals surface area contributed by atoms with Crippen LogP contribution in [0.4, 0.5) is 0 Å². The number of hydrogen-bond acceptors (Lipinski definition) is 4. The minimum atomic E-state index is -0.500. The molecule has 0 bridgehead atoms. The average Bonchev–Trinajstić information content (AvgIpc) is 2.87. The van der Waals surface area contributed by atoms with Crippen LogP contribution in [0.3, 0.4) is 0 Å². The Hall–Kier alpha value is -1.85. The first-order valence-corrected chi connectivity index (χ1v) is 8.13. The lowest BCUT2D eigenvalue weighted by atomic mass is 10.1. The minimum Gasteiger partial charge on any atom is -0.497 e. The third-order valence-corrected chi connectivity index (χ3v) is 4.53. The Morgan fingerprint density at radius 2 is 2.00 bits per heavy atom. The van der Waals surface area contributed by atoms with Crippen LogP contribution in [0.1, 0.15) is 22.7 Å². The Balaban J connectivity index is 1.89. The zero-order chi connectivity index (χ0) is 16.4. The fourth-order valence-corrected chi connectivity index (χ4v) is 3.26. The number of rotatable bonds is 4. The Kier molecular flexibility index (Phi) is 4.68. The number of nitrogens with zero attached hydrogens (tertiary/aromatic N) is 1. The molecule has 0 heterocycles. The Bertz CT molecular complexity index is 745. The van der Waals surface area contributed by atoms with E-state index in [9.17, 15) is 5.11 Å². The predicted octanol–water partition coefficient (Wildman–Crippen LogP) is 3.54. The molecule has 0 radical (unpaired) electrons. The lowest BCUT2D eigenvalue weighted by Gasteiger charge is -2.12. The molecule has 0 amide bonds. The van der Waals surface area contributed by atoms with Crippen molar-refractivity contribution < 1.29 is 14.6 Å². The number of fused-ring (bicyclic) bond motifs is 1. The van der Waals surface area contributed by atoms with E-state index >= 15 is 0 Å². The maximum Gasteiger partial charge on any atom is 0.131 e. The minimum absolute atomic E-state index is 0.245. The van der Waals surface area contributed by atoms with Gasteiger partial charge in [0.05, 0.1) is 20.3 Å². The van der Waals surface area contributed by atoms with Crippen molar-refractivity contribution >= 4 is 22.1 Å². The molecule has 0 saturated carbocycles. The summed E-state index contributed by atoms with van der Waals surface area (Å²) in [5.41, 5.74) is 3.06. The number of hydrogen-bond donors (Lipinski definition) is 1. The maximum atomic E-state index is 10.3. The quantitative estimate of drug-likeness (QED) is 0.831. The number of halogens is 1. The average molecular weight is 376 g/mol. The molecular formula is C18H18BrNO3. The smallest absolute Gasteiger partial charge is 0.131 e. The van der Waals surface area contributed by atoms with Gasteiger partial charge in [-0.1, -0.05) is 22.0 Å². The molecule has 2 atom stereocenters. The predicted molar refractivity (Wildman–Crippen MR) is 93.7 cm³/mol. The molecule has 0 saturated heterocycles. The van der Waals surface area contributed by atoms with Gasteiger partial charge in [-0.25, -0.2) is 0 Å². The van der Waals surface area contributed by atoms with Crippen LogP contribution in [-0.2, 0) is 6.42 Å². The molecule has 0 aromatic heterocycles. The monoisotopic (exact) mass is 375 g/mol. The van der Waals surface area contributed by atoms with E-state index in [2.05, 4.69) is 20.9 Å². The number of methoxy groups -OCH3 is 2. The van der Waals surface area contributed by atoms with Crippen LogP contribution in [0, 0.1) is 0 Å². The third kappa shape index (κ3) is 3.26. The molecule has 2 aromatic rings. The summed E-state index contributed by atoms with van der Waals surface area (Å²) >= 11 is 3.46. The summed E-state index contributed by atoms with van der Waals surface area (Å²) < 4.78 is 11.6. The molecule has 2 aromatic carbocycles. The van der Waals surface area contributed by atoms with Gasteiger partial charge in [0.15, 0.2) is 0 Å². The highest BCUT2D eigenvalue weighted by Crippen LogP contribution is 2.36. The van der Waals surface area contributed by atoms with Gasteiger partial charge >= 0.3 is 0 Å². The third-order valence-electron chi connectivity index (χ3n) is 4.03. The van der Waals surface area contributed by atoms with E-state index in [-0.39, 0.29) is 6.04 Å². The number of aliphatic hydroxyl groups is 1. The molecule has 1 aliphatic rings. The van der Waals surface area contributed by atoms with Crippen molar-refractivity contribution in [2.24, 2.45) is 4.99 Å². The highest BCUT2D eigenvalue weighted by atomic mass is 79.9. The van der Waals surface area contributed by atoms with Gasteiger partial charge < -0.3 is 14.6 Å². The first-order chi connectivity index (χ1) is 11.1. The number of benzene rings is 2. The Morgan fingerprint density at radius 3 is 2.74 bits per heavy atom. The largest absolute Gasteiger partial charge is 0.497 e. The molecule has 120 valence electrons. The van der Waals surface area contributed by atoms with Gasteiger partial charge in [-0.2, -0.15) is 0 Å². The standard InChI is InChI=1S/C18H18BrNO3/c1-22-14-5-3-11(17(9-14)23-2)10-20-18-15-6-4-13(19)7-12(15)8-16(18)21/h3-7,9-10,16,18,21H,8H2,1-2H3. The second-order valence-electron chi connectivity index (χ2n) is 5.45. The summed E-state index contributed by atoms with van der Waals surface area (Å²) in [6.45, 7) is 0. The molecule has 5 heteroatoms. The van der Waals surface area contributed by atoms with Crippen molar-refractivity contribution in [2.45, 2.75) is 18.6 Å². The zero-order valence-electron chi connectivity index (χ0n) is 13.0. The van der Waals surface area contributed by atoms with E-state index in [1.807, 2.05) is 36.4 Å². The first kappa shape index (κ1) is 16.0. The van der Waals surface area contributed by atoms with E-state index in [0.717, 1.165) is 26.9 Å². The van der Waals surface area contributed by atoms with Crippen molar-refractivity contribution in [3.05, 3.63) is 57.6 Å². The van der Waals surface area contributed by atoms with Crippen LogP contribution in [0.15, 0.2) is 45.9 Å². The number of aliphatic imine (C=N–C) groups is 1. The van der Waals surface area contributed by atoms with Gasteiger partial charge in [0, 0.05) is 28.7 Å². The molecule has 0 fully saturated rings. The van der Waals surface area contributed by atoms with Crippen molar-refractivity contribution in [3.8, 4) is 11.5 Å². The van der Waals surface area contributed by atoms with E-state index < -0.39 is 6.10 Å². The van der Waals surface area contributed by atoms with Crippen molar-refractivity contribution in [2.75, 3.05) is 14.2 Å². The summed E-state index contributed by atoms with van der Waals surface area (Å²) in [4.78, 5) is 4.60. The van der Waals surface area contributed by atoms with Crippen LogP contribution < -0.4 is 9.47 Å². The zero-order valence-corrected chi connectivity index (χ0v) is 14.6. The van der Waals surface area contributed by atoms with Crippen molar-refractivity contribution in [3.63, 3.8) is 0 Å². The summed E-state index contributed by atoms with van der Waals surface area (Å²) in [7, 11) is 3.23. The Labute approximate surface area is 143 Å². The van der Waals surface area contributed by atoms with Gasteiger partial charge in [0.25, 0.3) is 0 Å². The number of ether oxygens (including phenoxy) is 2. The molecule has 4 nitrogen and oxygen atoms in total. The van der Waals surface area contributed by atoms with Gasteiger partial charge in [-0.3, -0.25) is 4.99 Å². The van der Waals surface area contributed by atoms with Crippen LogP contribution >= 0.6 is 15.9 Å². The molecule has 23 heavy (non-hydrogen) atoms. The Morgan fingerprint density at radius 1 is 1.17 bits per heavy atom. The summed E-state index contributed by atoms with van der Waals surface area (Å²) in [6, 6.07) is 11.4. The normalized spacial score (nSPS) is 19.8. The van der Waals surface area contributed by atoms with Gasteiger partial charge in [-0.15, -0.1) is 0 Å². The lowest BCUT2D eigenvalue weighted by Crippen LogP contribution is -2.11. The van der Waals surface area contributed by atoms with Crippen LogP contribution in [0.2, 0.25) is 0 Å². The number of aliphatic hydroxyl groups excluding tert-OH is 1. The summed E-state index contributed by atoms with van der Waals surface area (Å²) in [6.07, 6.45) is 1.87. The highest BCUT2D eigenvalue weighted by molar-refractivity contribution is 9.10. The fraction of sp³-hybridized carbons (Fsp3) is 0.278. The van der Waals surface area contributed by atoms with Crippen LogP contribution in [0.25, 0.3) is 0 Å². The van der Waals surface area contributed by atoms with Crippen molar-refractivity contribution in [1.29, 1.82) is 0 Å². The van der Waals surface area contributed by atoms with E-state index in [0.29, 0.717) is 12.2 Å². The lowest BCUT2D eigenvalue weighted by molar-refractivity contribution is 0.159. The second kappa shape index (κ2) is 6.72. The van der Waals surface area contributed by atoms with Gasteiger partial charge in [-0.05, 0) is 35.4 Å². The van der Waals surface area contributed by atoms with E-state index in [1.54, 1.807) is 20.4 Å². The molecule has 0 aliphatic heterocycles. The van der Waals surface area contributed by atoms with E-state index in [4.69, 9.17) is 9.47 Å². The fourth-order valence-electron chi connectivity index (χ4n) is 2.85. The maximum absolute atomic E-state index is 10.3. The second-order valence-corrected chi connectivity index (χ2v) is 6.36. The van der Waals surface area contributed by atoms with Crippen molar-refractivity contribution in [1.82, 2.24) is 0 Å². The van der Waals surface area contributed by atoms with Crippen LogP contribution in [0.5, 0.6) is 11.5 Å².